The van der Waals surface area contributed by atoms with Crippen LogP contribution in [-0.4, -0.2) is 12.1 Å². The minimum Gasteiger partial charge on any atom is -0.497 e. The molecule has 1 aromatic carbocycles. The first-order valence-corrected chi connectivity index (χ1v) is 6.52. The molecule has 0 radical (unpaired) electrons. The average molecular weight is 266 g/mol. The third kappa shape index (κ3) is 3.65. The molecule has 2 aromatic rings. The Kier molecular flexibility index (Phi) is 4.29. The molecule has 4 heteroatoms. The number of rotatable bonds is 4. The van der Waals surface area contributed by atoms with Crippen molar-refractivity contribution in [2.24, 2.45) is 0 Å². The largest absolute Gasteiger partial charge is 0.497 e. The van der Waals surface area contributed by atoms with Crippen molar-refractivity contribution in [3.8, 4) is 5.75 Å². The van der Waals surface area contributed by atoms with E-state index >= 15 is 0 Å². The summed E-state index contributed by atoms with van der Waals surface area (Å²) in [6.07, 6.45) is 0. The highest BCUT2D eigenvalue weighted by Crippen LogP contribution is 2.25. The van der Waals surface area contributed by atoms with Gasteiger partial charge in [0.05, 0.1) is 12.8 Å². The van der Waals surface area contributed by atoms with Gasteiger partial charge in [0.15, 0.2) is 0 Å². The lowest BCUT2D eigenvalue weighted by Crippen LogP contribution is -1.87. The Bertz CT molecular complexity index is 504. The molecule has 0 fully saturated rings. The highest BCUT2D eigenvalue weighted by atomic mass is 35.5. The van der Waals surface area contributed by atoms with Gasteiger partial charge in [0, 0.05) is 10.6 Å². The summed E-state index contributed by atoms with van der Waals surface area (Å²) in [5.74, 6) is 1.67. The molecule has 0 saturated heterocycles. The molecular formula is C13H12ClNOS. The standard InChI is InChI=1S/C13H12ClNOS/c1-16-11-5-3-6-12(8-11)17-9-10-4-2-7-13(14)15-10/h2-8H,9H2,1H3. The molecule has 1 heterocycles. The SMILES string of the molecule is COc1cccc(SCc2cccc(Cl)n2)c1. The molecule has 0 atom stereocenters. The van der Waals surface area contributed by atoms with Gasteiger partial charge in [0.1, 0.15) is 10.9 Å². The van der Waals surface area contributed by atoms with Crippen LogP contribution in [0.15, 0.2) is 47.4 Å². The van der Waals surface area contributed by atoms with Crippen LogP contribution in [0.2, 0.25) is 5.15 Å². The third-order valence-corrected chi connectivity index (χ3v) is 3.44. The lowest BCUT2D eigenvalue weighted by atomic mass is 10.3. The fourth-order valence-electron chi connectivity index (χ4n) is 1.38. The molecule has 1 aromatic heterocycles. The van der Waals surface area contributed by atoms with Crippen molar-refractivity contribution in [3.05, 3.63) is 53.3 Å². The van der Waals surface area contributed by atoms with Crippen LogP contribution in [0.25, 0.3) is 0 Å². The lowest BCUT2D eigenvalue weighted by Gasteiger charge is -2.04. The Labute approximate surface area is 110 Å². The highest BCUT2D eigenvalue weighted by Gasteiger charge is 2.00. The number of methoxy groups -OCH3 is 1. The minimum atomic E-state index is 0.536. The van der Waals surface area contributed by atoms with Crippen LogP contribution in [0.4, 0.5) is 0 Å². The molecule has 2 rings (SSSR count). The predicted octanol–water partition coefficient (Wildman–Crippen LogP) is 4.04. The predicted molar refractivity (Wildman–Crippen MR) is 71.8 cm³/mol. The smallest absolute Gasteiger partial charge is 0.129 e. The van der Waals surface area contributed by atoms with Gasteiger partial charge in [-0.25, -0.2) is 4.98 Å². The van der Waals surface area contributed by atoms with Crippen molar-refractivity contribution in [2.45, 2.75) is 10.6 Å². The molecule has 0 amide bonds. The van der Waals surface area contributed by atoms with Gasteiger partial charge in [-0.3, -0.25) is 0 Å². The Morgan fingerprint density at radius 2 is 2.06 bits per heavy atom. The number of hydrogen-bond acceptors (Lipinski definition) is 3. The molecule has 17 heavy (non-hydrogen) atoms. The van der Waals surface area contributed by atoms with E-state index in [9.17, 15) is 0 Å². The fourth-order valence-corrected chi connectivity index (χ4v) is 2.41. The van der Waals surface area contributed by atoms with E-state index in [4.69, 9.17) is 16.3 Å². The summed E-state index contributed by atoms with van der Waals surface area (Å²) < 4.78 is 5.18. The topological polar surface area (TPSA) is 22.1 Å². The zero-order chi connectivity index (χ0) is 12.1. The Morgan fingerprint density at radius 3 is 2.82 bits per heavy atom. The number of aromatic nitrogens is 1. The third-order valence-electron chi connectivity index (χ3n) is 2.20. The van der Waals surface area contributed by atoms with Gasteiger partial charge in [-0.2, -0.15) is 0 Å². The van der Waals surface area contributed by atoms with Crippen molar-refractivity contribution in [3.63, 3.8) is 0 Å². The Morgan fingerprint density at radius 1 is 1.24 bits per heavy atom. The number of halogens is 1. The van der Waals surface area contributed by atoms with E-state index in [0.717, 1.165) is 22.1 Å². The van der Waals surface area contributed by atoms with Crippen molar-refractivity contribution in [1.82, 2.24) is 4.98 Å². The molecule has 0 bridgehead atoms. The molecule has 0 saturated carbocycles. The van der Waals surface area contributed by atoms with Crippen LogP contribution in [-0.2, 0) is 5.75 Å². The van der Waals surface area contributed by atoms with Gasteiger partial charge in [0.2, 0.25) is 0 Å². The maximum Gasteiger partial charge on any atom is 0.129 e. The molecule has 0 aliphatic rings. The first-order valence-electron chi connectivity index (χ1n) is 5.16. The normalized spacial score (nSPS) is 10.2. The van der Waals surface area contributed by atoms with Gasteiger partial charge in [-0.1, -0.05) is 23.7 Å². The minimum absolute atomic E-state index is 0.536. The number of thioether (sulfide) groups is 1. The number of pyridine rings is 1. The summed E-state index contributed by atoms with van der Waals surface area (Å²) in [6.45, 7) is 0. The van der Waals surface area contributed by atoms with Crippen LogP contribution in [0, 0.1) is 0 Å². The van der Waals surface area contributed by atoms with Gasteiger partial charge in [-0.15, -0.1) is 11.8 Å². The summed E-state index contributed by atoms with van der Waals surface area (Å²) in [5.41, 5.74) is 0.977. The van der Waals surface area contributed by atoms with E-state index in [2.05, 4.69) is 11.1 Å². The second-order valence-electron chi connectivity index (χ2n) is 3.42. The van der Waals surface area contributed by atoms with Crippen LogP contribution < -0.4 is 4.74 Å². The fraction of sp³-hybridized carbons (Fsp3) is 0.154. The number of ether oxygens (including phenoxy) is 1. The molecule has 88 valence electrons. The van der Waals surface area contributed by atoms with Crippen molar-refractivity contribution in [2.75, 3.05) is 7.11 Å². The van der Waals surface area contributed by atoms with Crippen LogP contribution in [0.5, 0.6) is 5.75 Å². The van der Waals surface area contributed by atoms with E-state index in [0.29, 0.717) is 5.15 Å². The Hall–Kier alpha value is -1.19. The van der Waals surface area contributed by atoms with E-state index in [-0.39, 0.29) is 0 Å². The summed E-state index contributed by atoms with van der Waals surface area (Å²) >= 11 is 7.54. The van der Waals surface area contributed by atoms with Gasteiger partial charge < -0.3 is 4.74 Å². The van der Waals surface area contributed by atoms with Crippen LogP contribution >= 0.6 is 23.4 Å². The van der Waals surface area contributed by atoms with E-state index < -0.39 is 0 Å². The molecule has 0 N–H and O–H groups in total. The summed E-state index contributed by atoms with van der Waals surface area (Å²) in [5, 5.41) is 0.536. The van der Waals surface area contributed by atoms with Crippen LogP contribution in [0.3, 0.4) is 0 Å². The average Bonchev–Trinajstić information content (AvgIpc) is 2.37. The first-order chi connectivity index (χ1) is 8.28. The summed E-state index contributed by atoms with van der Waals surface area (Å²) in [4.78, 5) is 5.40. The number of benzene rings is 1. The molecule has 0 aliphatic heterocycles. The summed E-state index contributed by atoms with van der Waals surface area (Å²) in [7, 11) is 1.67. The second-order valence-corrected chi connectivity index (χ2v) is 4.86. The molecule has 2 nitrogen and oxygen atoms in total. The molecule has 0 spiro atoms. The maximum absolute atomic E-state index is 5.83. The quantitative estimate of drug-likeness (QED) is 0.615. The lowest BCUT2D eigenvalue weighted by molar-refractivity contribution is 0.413. The number of nitrogens with zero attached hydrogens (tertiary/aromatic N) is 1. The van der Waals surface area contributed by atoms with Crippen molar-refractivity contribution >= 4 is 23.4 Å². The zero-order valence-corrected chi connectivity index (χ0v) is 11.0. The van der Waals surface area contributed by atoms with E-state index in [1.54, 1.807) is 24.9 Å². The molecule has 0 aliphatic carbocycles. The zero-order valence-electron chi connectivity index (χ0n) is 9.39. The van der Waals surface area contributed by atoms with Crippen molar-refractivity contribution < 1.29 is 4.74 Å². The highest BCUT2D eigenvalue weighted by molar-refractivity contribution is 7.98. The molecule has 0 unspecified atom stereocenters. The second kappa shape index (κ2) is 5.94. The Balaban J connectivity index is 2.02. The van der Waals surface area contributed by atoms with Gasteiger partial charge in [-0.05, 0) is 30.3 Å². The monoisotopic (exact) mass is 265 g/mol. The summed E-state index contributed by atoms with van der Waals surface area (Å²) in [6, 6.07) is 13.6. The maximum atomic E-state index is 5.83. The van der Waals surface area contributed by atoms with Crippen molar-refractivity contribution in [1.29, 1.82) is 0 Å². The van der Waals surface area contributed by atoms with Gasteiger partial charge >= 0.3 is 0 Å². The first kappa shape index (κ1) is 12.3. The van der Waals surface area contributed by atoms with Gasteiger partial charge in [0.25, 0.3) is 0 Å². The van der Waals surface area contributed by atoms with E-state index in [1.165, 1.54) is 0 Å². The number of hydrogen-bond donors (Lipinski definition) is 0. The molecular weight excluding hydrogens is 254 g/mol. The van der Waals surface area contributed by atoms with Crippen LogP contribution in [0.1, 0.15) is 5.69 Å². The van der Waals surface area contributed by atoms with E-state index in [1.807, 2.05) is 30.3 Å².